The van der Waals surface area contributed by atoms with Crippen molar-refractivity contribution in [1.82, 2.24) is 24.3 Å². The Kier molecular flexibility index (Phi) is 6.54. The molecule has 5 aromatic rings. The first-order valence-electron chi connectivity index (χ1n) is 11.6. The third-order valence-corrected chi connectivity index (χ3v) is 6.29. The lowest BCUT2D eigenvalue weighted by Crippen LogP contribution is -2.23. The van der Waals surface area contributed by atoms with E-state index in [-0.39, 0.29) is 24.4 Å². The second-order valence-corrected chi connectivity index (χ2v) is 9.06. The molecule has 0 saturated heterocycles. The standard InChI is InChI=1S/C27H25ClN6O3/c1-16-12-30-34(13-16)23-10-17(2)31-26-18(23)6-4-8-24(26)37-15-19-20(28)11-25(36-3)32-22(19)14-33-9-5-7-21(29)27(33)35/h4-13H,14-15,29H2,1-3H3. The molecule has 9 nitrogen and oxygen atoms in total. The van der Waals surface area contributed by atoms with Crippen LogP contribution in [-0.2, 0) is 13.2 Å². The molecule has 0 fully saturated rings. The zero-order chi connectivity index (χ0) is 26.1. The largest absolute Gasteiger partial charge is 0.486 e. The molecule has 0 aliphatic heterocycles. The van der Waals surface area contributed by atoms with Crippen LogP contribution in [0.4, 0.5) is 5.69 Å². The van der Waals surface area contributed by atoms with Crippen LogP contribution in [0.1, 0.15) is 22.5 Å². The van der Waals surface area contributed by atoms with Crippen LogP contribution in [0.15, 0.2) is 65.8 Å². The maximum atomic E-state index is 12.5. The van der Waals surface area contributed by atoms with E-state index in [9.17, 15) is 4.79 Å². The van der Waals surface area contributed by atoms with Crippen molar-refractivity contribution in [1.29, 1.82) is 0 Å². The molecule has 0 spiro atoms. The van der Waals surface area contributed by atoms with Crippen molar-refractivity contribution in [3.05, 3.63) is 98.9 Å². The Bertz CT molecular complexity index is 1680. The summed E-state index contributed by atoms with van der Waals surface area (Å²) in [5.74, 6) is 0.924. The zero-order valence-corrected chi connectivity index (χ0v) is 21.4. The highest BCUT2D eigenvalue weighted by Gasteiger charge is 2.17. The Morgan fingerprint density at radius 2 is 1.95 bits per heavy atom. The topological polar surface area (TPSA) is 110 Å². The van der Waals surface area contributed by atoms with Gasteiger partial charge >= 0.3 is 0 Å². The van der Waals surface area contributed by atoms with E-state index >= 15 is 0 Å². The monoisotopic (exact) mass is 516 g/mol. The van der Waals surface area contributed by atoms with E-state index in [2.05, 4.69) is 10.1 Å². The molecular formula is C27H25ClN6O3. The minimum Gasteiger partial charge on any atom is -0.486 e. The Hall–Kier alpha value is -4.37. The number of nitrogens with two attached hydrogens (primary N) is 1. The van der Waals surface area contributed by atoms with Gasteiger partial charge in [-0.3, -0.25) is 4.79 Å². The third kappa shape index (κ3) is 4.85. The maximum Gasteiger partial charge on any atom is 0.274 e. The van der Waals surface area contributed by atoms with Gasteiger partial charge in [0.1, 0.15) is 17.9 Å². The van der Waals surface area contributed by atoms with Gasteiger partial charge in [0.2, 0.25) is 5.88 Å². The fourth-order valence-electron chi connectivity index (χ4n) is 4.12. The normalized spacial score (nSPS) is 11.1. The average Bonchev–Trinajstić information content (AvgIpc) is 3.31. The summed E-state index contributed by atoms with van der Waals surface area (Å²) in [6, 6.07) is 12.6. The van der Waals surface area contributed by atoms with E-state index in [1.165, 1.54) is 11.7 Å². The quantitative estimate of drug-likeness (QED) is 0.340. The van der Waals surface area contributed by atoms with Crippen molar-refractivity contribution in [3.8, 4) is 17.3 Å². The number of hydrogen-bond acceptors (Lipinski definition) is 7. The number of methoxy groups -OCH3 is 1. The number of halogens is 1. The number of nitrogens with zero attached hydrogens (tertiary/aromatic N) is 5. The van der Waals surface area contributed by atoms with Crippen molar-refractivity contribution in [2.24, 2.45) is 0 Å². The average molecular weight is 517 g/mol. The molecular weight excluding hydrogens is 492 g/mol. The first kappa shape index (κ1) is 24.3. The predicted octanol–water partition coefficient (Wildman–Crippen LogP) is 4.47. The number of nitrogen functional groups attached to an aromatic ring is 1. The number of benzene rings is 1. The summed E-state index contributed by atoms with van der Waals surface area (Å²) in [7, 11) is 1.51. The molecule has 5 rings (SSSR count). The fraction of sp³-hybridized carbons (Fsp3) is 0.185. The summed E-state index contributed by atoms with van der Waals surface area (Å²) < 4.78 is 14.9. The summed E-state index contributed by atoms with van der Waals surface area (Å²) in [5, 5.41) is 5.78. The first-order valence-corrected chi connectivity index (χ1v) is 11.9. The van der Waals surface area contributed by atoms with Gasteiger partial charge in [0.25, 0.3) is 5.56 Å². The number of fused-ring (bicyclic) bond motifs is 1. The van der Waals surface area contributed by atoms with Crippen LogP contribution in [0.3, 0.4) is 0 Å². The predicted molar refractivity (Wildman–Crippen MR) is 143 cm³/mol. The van der Waals surface area contributed by atoms with Gasteiger partial charge in [-0.1, -0.05) is 23.7 Å². The van der Waals surface area contributed by atoms with E-state index in [0.717, 1.165) is 22.3 Å². The van der Waals surface area contributed by atoms with Crippen molar-refractivity contribution < 1.29 is 9.47 Å². The van der Waals surface area contributed by atoms with Crippen LogP contribution < -0.4 is 20.8 Å². The molecule has 0 amide bonds. The molecule has 1 aromatic carbocycles. The number of hydrogen-bond donors (Lipinski definition) is 1. The third-order valence-electron chi connectivity index (χ3n) is 5.95. The second kappa shape index (κ2) is 9.94. The summed E-state index contributed by atoms with van der Waals surface area (Å²) in [6.45, 7) is 4.18. The van der Waals surface area contributed by atoms with Gasteiger partial charge in [0.15, 0.2) is 0 Å². The van der Waals surface area contributed by atoms with Crippen molar-refractivity contribution in [2.75, 3.05) is 12.8 Å². The van der Waals surface area contributed by atoms with Crippen LogP contribution in [-0.4, -0.2) is 31.4 Å². The van der Waals surface area contributed by atoms with Crippen LogP contribution in [0.2, 0.25) is 5.02 Å². The number of ether oxygens (including phenoxy) is 2. The molecule has 0 saturated carbocycles. The summed E-state index contributed by atoms with van der Waals surface area (Å²) >= 11 is 6.63. The molecule has 2 N–H and O–H groups in total. The molecule has 37 heavy (non-hydrogen) atoms. The van der Waals surface area contributed by atoms with E-state index in [1.54, 1.807) is 24.4 Å². The first-order chi connectivity index (χ1) is 17.8. The number of para-hydroxylation sites is 1. The summed E-state index contributed by atoms with van der Waals surface area (Å²) in [5.41, 5.74) is 10.3. The molecule has 4 heterocycles. The van der Waals surface area contributed by atoms with Crippen molar-refractivity contribution in [3.63, 3.8) is 0 Å². The Balaban J connectivity index is 1.53. The van der Waals surface area contributed by atoms with Gasteiger partial charge in [-0.05, 0) is 43.7 Å². The van der Waals surface area contributed by atoms with Gasteiger partial charge < -0.3 is 19.8 Å². The smallest absolute Gasteiger partial charge is 0.274 e. The fourth-order valence-corrected chi connectivity index (χ4v) is 4.38. The van der Waals surface area contributed by atoms with Crippen LogP contribution in [0, 0.1) is 13.8 Å². The number of pyridine rings is 3. The van der Waals surface area contributed by atoms with Crippen molar-refractivity contribution in [2.45, 2.75) is 27.0 Å². The highest BCUT2D eigenvalue weighted by atomic mass is 35.5. The highest BCUT2D eigenvalue weighted by molar-refractivity contribution is 6.31. The van der Waals surface area contributed by atoms with Gasteiger partial charge in [0, 0.05) is 35.1 Å². The molecule has 0 unspecified atom stereocenters. The maximum absolute atomic E-state index is 12.5. The minimum absolute atomic E-state index is 0.104. The van der Waals surface area contributed by atoms with Gasteiger partial charge in [-0.2, -0.15) is 5.10 Å². The zero-order valence-electron chi connectivity index (χ0n) is 20.6. The van der Waals surface area contributed by atoms with Gasteiger partial charge in [-0.15, -0.1) is 0 Å². The molecule has 0 aliphatic carbocycles. The lowest BCUT2D eigenvalue weighted by molar-refractivity contribution is 0.306. The Labute approximate surface area is 218 Å². The lowest BCUT2D eigenvalue weighted by atomic mass is 10.1. The minimum atomic E-state index is -0.315. The summed E-state index contributed by atoms with van der Waals surface area (Å²) in [4.78, 5) is 21.8. The van der Waals surface area contributed by atoms with Gasteiger partial charge in [0.05, 0.1) is 41.9 Å². The van der Waals surface area contributed by atoms with E-state index in [1.807, 2.05) is 55.2 Å². The summed E-state index contributed by atoms with van der Waals surface area (Å²) in [6.07, 6.45) is 5.43. The molecule has 0 aliphatic rings. The van der Waals surface area contributed by atoms with Crippen molar-refractivity contribution >= 4 is 28.2 Å². The highest BCUT2D eigenvalue weighted by Crippen LogP contribution is 2.31. The van der Waals surface area contributed by atoms with Gasteiger partial charge in [-0.25, -0.2) is 14.6 Å². The van der Waals surface area contributed by atoms with E-state index in [0.29, 0.717) is 33.4 Å². The van der Waals surface area contributed by atoms with E-state index in [4.69, 9.17) is 31.8 Å². The Morgan fingerprint density at radius 3 is 2.70 bits per heavy atom. The van der Waals surface area contributed by atoms with Crippen LogP contribution in [0.5, 0.6) is 11.6 Å². The number of rotatable bonds is 7. The number of aromatic nitrogens is 5. The molecule has 0 bridgehead atoms. The second-order valence-electron chi connectivity index (χ2n) is 8.65. The van der Waals surface area contributed by atoms with E-state index < -0.39 is 0 Å². The molecule has 188 valence electrons. The lowest BCUT2D eigenvalue weighted by Gasteiger charge is -2.16. The van der Waals surface area contributed by atoms with Crippen LogP contribution in [0.25, 0.3) is 16.6 Å². The SMILES string of the molecule is COc1cc(Cl)c(COc2cccc3c(-n4cc(C)cn4)cc(C)nc23)c(Cn2cccc(N)c2=O)n1. The molecule has 4 aromatic heterocycles. The van der Waals surface area contributed by atoms with Crippen LogP contribution >= 0.6 is 11.6 Å². The molecule has 0 radical (unpaired) electrons. The number of aryl methyl sites for hydroxylation is 2. The number of anilines is 1. The Morgan fingerprint density at radius 1 is 1.11 bits per heavy atom. The molecule has 10 heteroatoms. The molecule has 0 atom stereocenters.